The van der Waals surface area contributed by atoms with Crippen LogP contribution >= 0.6 is 0 Å². The van der Waals surface area contributed by atoms with Gasteiger partial charge in [0.25, 0.3) is 5.91 Å². The molecule has 1 saturated heterocycles. The number of anilines is 1. The lowest BCUT2D eigenvalue weighted by molar-refractivity contribution is -0.110. The summed E-state index contributed by atoms with van der Waals surface area (Å²) < 4.78 is 16.2. The molecule has 4 rings (SSSR count). The predicted octanol–water partition coefficient (Wildman–Crippen LogP) is 2.97. The Morgan fingerprint density at radius 1 is 1.25 bits per heavy atom. The summed E-state index contributed by atoms with van der Waals surface area (Å²) in [5.41, 5.74) is 3.10. The van der Waals surface area contributed by atoms with E-state index < -0.39 is 0 Å². The molecule has 2 aliphatic heterocycles. The number of methoxy groups -OCH3 is 1. The third-order valence-electron chi connectivity index (χ3n) is 4.04. The monoisotopic (exact) mass is 323 g/mol. The van der Waals surface area contributed by atoms with Gasteiger partial charge in [-0.25, -0.2) is 0 Å². The SMILES string of the molecule is COc1ccc(/C=C2\C(=O)Nc3cccc(OCC4CO4)c32)cc1. The molecule has 1 fully saturated rings. The maximum Gasteiger partial charge on any atom is 0.256 e. The Labute approximate surface area is 139 Å². The average molecular weight is 323 g/mol. The highest BCUT2D eigenvalue weighted by molar-refractivity contribution is 6.35. The first kappa shape index (κ1) is 14.8. The van der Waals surface area contributed by atoms with Gasteiger partial charge in [0.1, 0.15) is 24.2 Å². The van der Waals surface area contributed by atoms with Gasteiger partial charge < -0.3 is 19.5 Å². The Morgan fingerprint density at radius 2 is 2.04 bits per heavy atom. The number of fused-ring (bicyclic) bond motifs is 1. The van der Waals surface area contributed by atoms with E-state index in [-0.39, 0.29) is 12.0 Å². The molecule has 0 saturated carbocycles. The molecule has 1 atom stereocenters. The van der Waals surface area contributed by atoms with Gasteiger partial charge in [-0.15, -0.1) is 0 Å². The summed E-state index contributed by atoms with van der Waals surface area (Å²) in [5.74, 6) is 1.35. The van der Waals surface area contributed by atoms with Gasteiger partial charge in [0.15, 0.2) is 0 Å². The van der Waals surface area contributed by atoms with Crippen LogP contribution in [0.5, 0.6) is 11.5 Å². The summed E-state index contributed by atoms with van der Waals surface area (Å²) in [7, 11) is 1.63. The normalized spacial score (nSPS) is 19.8. The quantitative estimate of drug-likeness (QED) is 0.679. The molecule has 2 aromatic carbocycles. The Bertz CT molecular complexity index is 807. The van der Waals surface area contributed by atoms with Crippen LogP contribution in [0.1, 0.15) is 11.1 Å². The average Bonchev–Trinajstić information content (AvgIpc) is 3.38. The van der Waals surface area contributed by atoms with Crippen molar-refractivity contribution in [2.24, 2.45) is 0 Å². The van der Waals surface area contributed by atoms with Crippen molar-refractivity contribution < 1.29 is 19.0 Å². The highest BCUT2D eigenvalue weighted by atomic mass is 16.6. The molecule has 24 heavy (non-hydrogen) atoms. The van der Waals surface area contributed by atoms with Crippen LogP contribution in [0.25, 0.3) is 11.6 Å². The van der Waals surface area contributed by atoms with Gasteiger partial charge in [-0.3, -0.25) is 4.79 Å². The molecule has 2 aliphatic rings. The molecule has 0 bridgehead atoms. The first-order valence-electron chi connectivity index (χ1n) is 7.79. The van der Waals surface area contributed by atoms with Gasteiger partial charge in [-0.1, -0.05) is 18.2 Å². The fourth-order valence-corrected chi connectivity index (χ4v) is 2.69. The number of nitrogens with one attached hydrogen (secondary N) is 1. The van der Waals surface area contributed by atoms with Crippen LogP contribution in [0.4, 0.5) is 5.69 Å². The fourth-order valence-electron chi connectivity index (χ4n) is 2.69. The molecule has 1 unspecified atom stereocenters. The minimum absolute atomic E-state index is 0.125. The molecule has 5 heteroatoms. The van der Waals surface area contributed by atoms with E-state index >= 15 is 0 Å². The first-order valence-corrected chi connectivity index (χ1v) is 7.79. The molecule has 2 heterocycles. The highest BCUT2D eigenvalue weighted by Gasteiger charge is 2.29. The second-order valence-electron chi connectivity index (χ2n) is 5.73. The second-order valence-corrected chi connectivity index (χ2v) is 5.73. The number of amides is 1. The zero-order valence-electron chi connectivity index (χ0n) is 13.2. The summed E-state index contributed by atoms with van der Waals surface area (Å²) in [6.07, 6.45) is 2.03. The van der Waals surface area contributed by atoms with Crippen LogP contribution in [0.2, 0.25) is 0 Å². The van der Waals surface area contributed by atoms with Crippen molar-refractivity contribution in [2.45, 2.75) is 6.10 Å². The van der Waals surface area contributed by atoms with Crippen molar-refractivity contribution in [3.05, 3.63) is 53.6 Å². The molecule has 122 valence electrons. The number of hydrogen-bond donors (Lipinski definition) is 1. The maximum atomic E-state index is 12.4. The lowest BCUT2D eigenvalue weighted by atomic mass is 10.0. The van der Waals surface area contributed by atoms with Crippen molar-refractivity contribution >= 4 is 23.2 Å². The standard InChI is InChI=1S/C19H17NO4/c1-22-13-7-5-12(6-8-13)9-15-18-16(20-19(15)21)3-2-4-17(18)24-11-14-10-23-14/h2-9,14H,10-11H2,1H3,(H,20,21)/b15-9-. The van der Waals surface area contributed by atoms with E-state index in [1.54, 1.807) is 7.11 Å². The van der Waals surface area contributed by atoms with Crippen LogP contribution in [-0.2, 0) is 9.53 Å². The first-order chi connectivity index (χ1) is 11.7. The zero-order valence-corrected chi connectivity index (χ0v) is 13.2. The largest absolute Gasteiger partial charge is 0.497 e. The number of rotatable bonds is 5. The van der Waals surface area contributed by atoms with Gasteiger partial charge in [0.05, 0.1) is 30.5 Å². The third kappa shape index (κ3) is 2.86. The number of benzene rings is 2. The molecule has 1 amide bonds. The summed E-state index contributed by atoms with van der Waals surface area (Å²) in [4.78, 5) is 12.4. The predicted molar refractivity (Wildman–Crippen MR) is 91.2 cm³/mol. The van der Waals surface area contributed by atoms with Crippen LogP contribution < -0.4 is 14.8 Å². The van der Waals surface area contributed by atoms with Crippen molar-refractivity contribution in [3.8, 4) is 11.5 Å². The fraction of sp³-hybridized carbons (Fsp3) is 0.211. The molecule has 0 aliphatic carbocycles. The van der Waals surface area contributed by atoms with Gasteiger partial charge in [0.2, 0.25) is 0 Å². The molecular weight excluding hydrogens is 306 g/mol. The molecule has 5 nitrogen and oxygen atoms in total. The van der Waals surface area contributed by atoms with E-state index in [1.807, 2.05) is 48.5 Å². The lowest BCUT2D eigenvalue weighted by Crippen LogP contribution is -2.05. The smallest absolute Gasteiger partial charge is 0.256 e. The highest BCUT2D eigenvalue weighted by Crippen LogP contribution is 2.40. The Hall–Kier alpha value is -2.79. The summed E-state index contributed by atoms with van der Waals surface area (Å²) in [6, 6.07) is 13.2. The second kappa shape index (κ2) is 6.02. The topological polar surface area (TPSA) is 60.1 Å². The third-order valence-corrected chi connectivity index (χ3v) is 4.04. The number of ether oxygens (including phenoxy) is 3. The van der Waals surface area contributed by atoms with E-state index in [0.29, 0.717) is 17.9 Å². The molecule has 0 spiro atoms. The van der Waals surface area contributed by atoms with Crippen molar-refractivity contribution in [3.63, 3.8) is 0 Å². The van der Waals surface area contributed by atoms with Crippen LogP contribution in [0.15, 0.2) is 42.5 Å². The zero-order chi connectivity index (χ0) is 16.5. The maximum absolute atomic E-state index is 12.4. The molecule has 0 radical (unpaired) electrons. The lowest BCUT2D eigenvalue weighted by Gasteiger charge is -2.09. The number of epoxide rings is 1. The molecule has 2 aromatic rings. The Kier molecular flexibility index (Phi) is 3.70. The minimum Gasteiger partial charge on any atom is -0.497 e. The van der Waals surface area contributed by atoms with Crippen molar-refractivity contribution in [1.29, 1.82) is 0 Å². The van der Waals surface area contributed by atoms with E-state index in [1.165, 1.54) is 0 Å². The van der Waals surface area contributed by atoms with Gasteiger partial charge in [-0.2, -0.15) is 0 Å². The Balaban J connectivity index is 1.69. The number of carbonyl (C=O) groups excluding carboxylic acids is 1. The van der Waals surface area contributed by atoms with Gasteiger partial charge in [0, 0.05) is 0 Å². The summed E-state index contributed by atoms with van der Waals surface area (Å²) >= 11 is 0. The molecular formula is C19H17NO4. The summed E-state index contributed by atoms with van der Waals surface area (Å²) in [5, 5.41) is 2.89. The number of hydrogen-bond acceptors (Lipinski definition) is 4. The van der Waals surface area contributed by atoms with Crippen molar-refractivity contribution in [2.75, 3.05) is 25.6 Å². The van der Waals surface area contributed by atoms with Crippen LogP contribution in [0.3, 0.4) is 0 Å². The molecule has 0 aromatic heterocycles. The van der Waals surface area contributed by atoms with Crippen LogP contribution in [-0.4, -0.2) is 32.3 Å². The van der Waals surface area contributed by atoms with Gasteiger partial charge in [-0.05, 0) is 35.9 Å². The van der Waals surface area contributed by atoms with Crippen molar-refractivity contribution in [1.82, 2.24) is 0 Å². The Morgan fingerprint density at radius 3 is 2.75 bits per heavy atom. The van der Waals surface area contributed by atoms with E-state index in [0.717, 1.165) is 29.2 Å². The van der Waals surface area contributed by atoms with Gasteiger partial charge >= 0.3 is 0 Å². The van der Waals surface area contributed by atoms with E-state index in [9.17, 15) is 4.79 Å². The number of carbonyl (C=O) groups is 1. The van der Waals surface area contributed by atoms with E-state index in [4.69, 9.17) is 14.2 Å². The molecule has 1 N–H and O–H groups in total. The van der Waals surface area contributed by atoms with E-state index in [2.05, 4.69) is 5.32 Å². The van der Waals surface area contributed by atoms with Crippen LogP contribution in [0, 0.1) is 0 Å². The minimum atomic E-state index is -0.125. The summed E-state index contributed by atoms with van der Waals surface area (Å²) in [6.45, 7) is 1.24.